The molecule has 6 heteroatoms. The lowest BCUT2D eigenvalue weighted by atomic mass is 10.2. The minimum Gasteiger partial charge on any atom is -0.349 e. The van der Waals surface area contributed by atoms with Gasteiger partial charge in [0.1, 0.15) is 5.82 Å². The van der Waals surface area contributed by atoms with Crippen molar-refractivity contribution in [3.05, 3.63) is 58.9 Å². The van der Waals surface area contributed by atoms with Crippen molar-refractivity contribution in [3.8, 4) is 0 Å². The van der Waals surface area contributed by atoms with Gasteiger partial charge in [0, 0.05) is 46.9 Å². The van der Waals surface area contributed by atoms with Gasteiger partial charge in [0.15, 0.2) is 0 Å². The molecule has 0 saturated heterocycles. The van der Waals surface area contributed by atoms with Gasteiger partial charge in [0.25, 0.3) is 5.91 Å². The molecule has 1 fully saturated rings. The van der Waals surface area contributed by atoms with Crippen LogP contribution < -0.4 is 10.2 Å². The molecule has 0 bridgehead atoms. The highest BCUT2D eigenvalue weighted by molar-refractivity contribution is 6.31. The first-order valence-corrected chi connectivity index (χ1v) is 9.35. The Labute approximate surface area is 156 Å². The SMILES string of the molecule is O=C(NC1CC1)c1ccc(N2CCn3c(cc4ccc(Cl)cc43)C2)nc1. The van der Waals surface area contributed by atoms with E-state index in [-0.39, 0.29) is 5.91 Å². The zero-order valence-corrected chi connectivity index (χ0v) is 15.0. The number of benzene rings is 1. The van der Waals surface area contributed by atoms with Gasteiger partial charge in [-0.2, -0.15) is 0 Å². The van der Waals surface area contributed by atoms with Crippen LogP contribution >= 0.6 is 11.6 Å². The lowest BCUT2D eigenvalue weighted by molar-refractivity contribution is 0.0950. The summed E-state index contributed by atoms with van der Waals surface area (Å²) in [6.45, 7) is 2.57. The molecule has 0 atom stereocenters. The number of hydrogen-bond acceptors (Lipinski definition) is 3. The largest absolute Gasteiger partial charge is 0.349 e. The zero-order chi connectivity index (χ0) is 17.7. The maximum absolute atomic E-state index is 12.1. The molecule has 0 unspecified atom stereocenters. The number of rotatable bonds is 3. The minimum absolute atomic E-state index is 0.0257. The number of aromatic nitrogens is 2. The predicted octanol–water partition coefficient (Wildman–Crippen LogP) is 3.60. The Bertz CT molecular complexity index is 991. The zero-order valence-electron chi connectivity index (χ0n) is 14.3. The summed E-state index contributed by atoms with van der Waals surface area (Å²) in [6, 6.07) is 12.4. The van der Waals surface area contributed by atoms with Crippen molar-refractivity contribution in [3.63, 3.8) is 0 Å². The summed E-state index contributed by atoms with van der Waals surface area (Å²) in [4.78, 5) is 18.9. The second-order valence-electron chi connectivity index (χ2n) is 7.06. The number of carbonyl (C=O) groups is 1. The van der Waals surface area contributed by atoms with Gasteiger partial charge < -0.3 is 14.8 Å². The van der Waals surface area contributed by atoms with Crippen molar-refractivity contribution in [1.82, 2.24) is 14.9 Å². The van der Waals surface area contributed by atoms with Gasteiger partial charge in [-0.15, -0.1) is 0 Å². The molecule has 1 saturated carbocycles. The van der Waals surface area contributed by atoms with Crippen LogP contribution in [0.3, 0.4) is 0 Å². The third-order valence-corrected chi connectivity index (χ3v) is 5.38. The number of hydrogen-bond donors (Lipinski definition) is 1. The average Bonchev–Trinajstić information content (AvgIpc) is 3.40. The van der Waals surface area contributed by atoms with Crippen LogP contribution in [-0.4, -0.2) is 28.0 Å². The molecule has 2 aromatic heterocycles. The highest BCUT2D eigenvalue weighted by Gasteiger charge is 2.24. The van der Waals surface area contributed by atoms with Crippen molar-refractivity contribution in [2.45, 2.75) is 32.0 Å². The van der Waals surface area contributed by atoms with Gasteiger partial charge in [-0.1, -0.05) is 17.7 Å². The van der Waals surface area contributed by atoms with E-state index in [2.05, 4.69) is 31.9 Å². The van der Waals surface area contributed by atoms with Gasteiger partial charge >= 0.3 is 0 Å². The fourth-order valence-corrected chi connectivity index (χ4v) is 3.74. The van der Waals surface area contributed by atoms with Crippen molar-refractivity contribution in [2.24, 2.45) is 0 Å². The van der Waals surface area contributed by atoms with Crippen molar-refractivity contribution in [1.29, 1.82) is 0 Å². The van der Waals surface area contributed by atoms with Crippen molar-refractivity contribution < 1.29 is 4.79 Å². The smallest absolute Gasteiger partial charge is 0.253 e. The number of carbonyl (C=O) groups excluding carboxylic acids is 1. The second kappa shape index (κ2) is 6.02. The van der Waals surface area contributed by atoms with Crippen LogP contribution in [0.25, 0.3) is 10.9 Å². The summed E-state index contributed by atoms with van der Waals surface area (Å²) < 4.78 is 2.33. The number of halogens is 1. The summed E-state index contributed by atoms with van der Waals surface area (Å²) >= 11 is 6.15. The van der Waals surface area contributed by atoms with E-state index in [1.807, 2.05) is 24.3 Å². The van der Waals surface area contributed by atoms with E-state index >= 15 is 0 Å². The van der Waals surface area contributed by atoms with Crippen LogP contribution in [0.4, 0.5) is 5.82 Å². The normalized spacial score (nSPS) is 16.6. The fraction of sp³-hybridized carbons (Fsp3) is 0.300. The Hall–Kier alpha value is -2.53. The van der Waals surface area contributed by atoms with Crippen LogP contribution in [0, 0.1) is 0 Å². The molecule has 1 amide bonds. The summed E-state index contributed by atoms with van der Waals surface area (Å²) in [5.74, 6) is 0.879. The molecular weight excluding hydrogens is 348 g/mol. The quantitative estimate of drug-likeness (QED) is 0.770. The van der Waals surface area contributed by atoms with E-state index in [9.17, 15) is 4.79 Å². The number of amides is 1. The van der Waals surface area contributed by atoms with Crippen LogP contribution in [0.15, 0.2) is 42.6 Å². The van der Waals surface area contributed by atoms with Crippen LogP contribution in [-0.2, 0) is 13.1 Å². The van der Waals surface area contributed by atoms with Gasteiger partial charge in [-0.25, -0.2) is 4.98 Å². The Morgan fingerprint density at radius 1 is 1.15 bits per heavy atom. The first-order chi connectivity index (χ1) is 12.7. The summed E-state index contributed by atoms with van der Waals surface area (Å²) in [5, 5.41) is 4.98. The summed E-state index contributed by atoms with van der Waals surface area (Å²) in [7, 11) is 0. The maximum atomic E-state index is 12.1. The first-order valence-electron chi connectivity index (χ1n) is 8.97. The third kappa shape index (κ3) is 2.82. The molecule has 5 rings (SSSR count). The first kappa shape index (κ1) is 15.7. The molecular formula is C20H19ClN4O. The van der Waals surface area contributed by atoms with E-state index in [1.165, 1.54) is 16.6 Å². The highest BCUT2D eigenvalue weighted by atomic mass is 35.5. The number of fused-ring (bicyclic) bond motifs is 3. The molecule has 5 nitrogen and oxygen atoms in total. The summed E-state index contributed by atoms with van der Waals surface area (Å²) in [5.41, 5.74) is 3.07. The Morgan fingerprint density at radius 3 is 2.81 bits per heavy atom. The van der Waals surface area contributed by atoms with Crippen LogP contribution in [0.2, 0.25) is 5.02 Å². The Balaban J connectivity index is 1.37. The number of nitrogens with zero attached hydrogens (tertiary/aromatic N) is 3. The lowest BCUT2D eigenvalue weighted by Crippen LogP contribution is -2.34. The number of anilines is 1. The lowest BCUT2D eigenvalue weighted by Gasteiger charge is -2.30. The number of pyridine rings is 1. The van der Waals surface area contributed by atoms with Crippen LogP contribution in [0.1, 0.15) is 28.9 Å². The standard InChI is InChI=1S/C20H19ClN4O/c21-15-3-1-13-9-17-12-24(7-8-25(17)18(13)10-15)19-6-2-14(11-22-19)20(26)23-16-4-5-16/h1-3,6,9-11,16H,4-5,7-8,12H2,(H,23,26). The van der Waals surface area contributed by atoms with E-state index in [4.69, 9.17) is 11.6 Å². The van der Waals surface area contributed by atoms with E-state index in [1.54, 1.807) is 6.20 Å². The van der Waals surface area contributed by atoms with Gasteiger partial charge in [-0.3, -0.25) is 4.79 Å². The number of nitrogens with one attached hydrogen (secondary N) is 1. The molecule has 0 spiro atoms. The van der Waals surface area contributed by atoms with E-state index in [0.717, 1.165) is 43.3 Å². The highest BCUT2D eigenvalue weighted by Crippen LogP contribution is 2.28. The fourth-order valence-electron chi connectivity index (χ4n) is 3.57. The molecule has 1 aliphatic carbocycles. The van der Waals surface area contributed by atoms with Crippen molar-refractivity contribution >= 4 is 34.2 Å². The summed E-state index contributed by atoms with van der Waals surface area (Å²) in [6.07, 6.45) is 3.85. The average molecular weight is 367 g/mol. The molecule has 0 radical (unpaired) electrons. The molecule has 1 aliphatic heterocycles. The molecule has 132 valence electrons. The second-order valence-corrected chi connectivity index (χ2v) is 7.50. The molecule has 3 aromatic rings. The van der Waals surface area contributed by atoms with Gasteiger partial charge in [0.05, 0.1) is 12.1 Å². The Kier molecular flexibility index (Phi) is 3.64. The predicted molar refractivity (Wildman–Crippen MR) is 103 cm³/mol. The maximum Gasteiger partial charge on any atom is 0.253 e. The molecule has 26 heavy (non-hydrogen) atoms. The monoisotopic (exact) mass is 366 g/mol. The topological polar surface area (TPSA) is 50.2 Å². The molecule has 2 aliphatic rings. The minimum atomic E-state index is -0.0257. The van der Waals surface area contributed by atoms with Gasteiger partial charge in [0.2, 0.25) is 0 Å². The van der Waals surface area contributed by atoms with E-state index in [0.29, 0.717) is 11.6 Å². The van der Waals surface area contributed by atoms with Gasteiger partial charge in [-0.05, 0) is 43.2 Å². The van der Waals surface area contributed by atoms with E-state index < -0.39 is 0 Å². The molecule has 1 aromatic carbocycles. The molecule has 3 heterocycles. The third-order valence-electron chi connectivity index (χ3n) is 5.15. The van der Waals surface area contributed by atoms with Crippen LogP contribution in [0.5, 0.6) is 0 Å². The molecule has 1 N–H and O–H groups in total. The van der Waals surface area contributed by atoms with Crippen molar-refractivity contribution in [2.75, 3.05) is 11.4 Å². The Morgan fingerprint density at radius 2 is 2.04 bits per heavy atom.